The van der Waals surface area contributed by atoms with Gasteiger partial charge in [0.05, 0.1) is 6.10 Å². The average molecular weight is 429 g/mol. The van der Waals surface area contributed by atoms with Gasteiger partial charge < -0.3 is 14.9 Å². The molecule has 0 bridgehead atoms. The number of epoxide rings is 1. The van der Waals surface area contributed by atoms with Crippen molar-refractivity contribution < 1.29 is 14.9 Å². The van der Waals surface area contributed by atoms with Crippen LogP contribution in [0.15, 0.2) is 23.3 Å². The number of hydrogen-bond acceptors (Lipinski definition) is 3. The smallest absolute Gasteiger partial charge is 0.118 e. The van der Waals surface area contributed by atoms with Gasteiger partial charge in [-0.2, -0.15) is 0 Å². The lowest BCUT2D eigenvalue weighted by molar-refractivity contribution is -0.0512. The van der Waals surface area contributed by atoms with Crippen LogP contribution in [0.2, 0.25) is 0 Å². The highest BCUT2D eigenvalue weighted by atomic mass is 16.6. The van der Waals surface area contributed by atoms with E-state index in [4.69, 9.17) is 4.74 Å². The highest BCUT2D eigenvalue weighted by Gasteiger charge is 2.77. The van der Waals surface area contributed by atoms with Crippen LogP contribution in [0, 0.1) is 40.4 Å². The van der Waals surface area contributed by atoms with Crippen molar-refractivity contribution in [2.75, 3.05) is 0 Å². The summed E-state index contributed by atoms with van der Waals surface area (Å²) < 4.78 is 6.33. The van der Waals surface area contributed by atoms with Crippen molar-refractivity contribution in [1.82, 2.24) is 0 Å². The van der Waals surface area contributed by atoms with Crippen molar-refractivity contribution in [3.05, 3.63) is 23.3 Å². The van der Waals surface area contributed by atoms with Crippen molar-refractivity contribution in [2.24, 2.45) is 40.4 Å². The molecule has 0 unspecified atom stereocenters. The summed E-state index contributed by atoms with van der Waals surface area (Å²) >= 11 is 0. The Hall–Kier alpha value is -0.640. The van der Waals surface area contributed by atoms with E-state index in [0.29, 0.717) is 36.0 Å². The Morgan fingerprint density at radius 3 is 2.45 bits per heavy atom. The van der Waals surface area contributed by atoms with Gasteiger partial charge in [0.1, 0.15) is 17.8 Å². The Morgan fingerprint density at radius 1 is 1.00 bits per heavy atom. The molecule has 5 rings (SSSR count). The van der Waals surface area contributed by atoms with Gasteiger partial charge in [0.15, 0.2) is 0 Å². The number of allylic oxidation sites excluding steroid dienone is 3. The minimum atomic E-state index is -0.469. The summed E-state index contributed by atoms with van der Waals surface area (Å²) in [6.07, 6.45) is 11.4. The van der Waals surface area contributed by atoms with Gasteiger partial charge in [-0.1, -0.05) is 59.3 Å². The zero-order valence-corrected chi connectivity index (χ0v) is 20.5. The van der Waals surface area contributed by atoms with Crippen LogP contribution in [0.25, 0.3) is 0 Å². The van der Waals surface area contributed by atoms with Crippen molar-refractivity contribution in [1.29, 1.82) is 0 Å². The summed E-state index contributed by atoms with van der Waals surface area (Å²) in [5.74, 6) is 2.95. The number of aliphatic hydroxyl groups excluding tert-OH is 2. The Balaban J connectivity index is 1.47. The van der Waals surface area contributed by atoms with Crippen LogP contribution in [-0.2, 0) is 4.74 Å². The first-order valence-electron chi connectivity index (χ1n) is 13.0. The molecular formula is C28H44O3. The summed E-state index contributed by atoms with van der Waals surface area (Å²) in [5, 5.41) is 21.9. The zero-order chi connectivity index (χ0) is 22.3. The summed E-state index contributed by atoms with van der Waals surface area (Å²) in [5.41, 5.74) is 2.93. The lowest BCUT2D eigenvalue weighted by Gasteiger charge is -2.55. The van der Waals surface area contributed by atoms with Crippen LogP contribution < -0.4 is 0 Å². The fourth-order valence-electron chi connectivity index (χ4n) is 8.48. The monoisotopic (exact) mass is 428 g/mol. The van der Waals surface area contributed by atoms with E-state index >= 15 is 0 Å². The summed E-state index contributed by atoms with van der Waals surface area (Å²) in [4.78, 5) is 0. The van der Waals surface area contributed by atoms with Gasteiger partial charge >= 0.3 is 0 Å². The highest BCUT2D eigenvalue weighted by molar-refractivity contribution is 5.43. The fourth-order valence-corrected chi connectivity index (χ4v) is 8.48. The molecule has 10 atom stereocenters. The second-order valence-electron chi connectivity index (χ2n) is 12.6. The quantitative estimate of drug-likeness (QED) is 0.449. The maximum atomic E-state index is 11.5. The van der Waals surface area contributed by atoms with E-state index in [-0.39, 0.29) is 28.6 Å². The molecule has 2 N–H and O–H groups in total. The minimum Gasteiger partial charge on any atom is -0.393 e. The van der Waals surface area contributed by atoms with Gasteiger partial charge in [-0.05, 0) is 79.1 Å². The third-order valence-corrected chi connectivity index (χ3v) is 10.9. The average Bonchev–Trinajstić information content (AvgIpc) is 3.34. The van der Waals surface area contributed by atoms with E-state index in [1.165, 1.54) is 18.4 Å². The fraction of sp³-hybridized carbons (Fsp3) is 0.857. The maximum absolute atomic E-state index is 11.5. The van der Waals surface area contributed by atoms with Gasteiger partial charge in [0.25, 0.3) is 0 Å². The van der Waals surface area contributed by atoms with Crippen LogP contribution in [0.1, 0.15) is 86.5 Å². The molecule has 0 aromatic heterocycles. The number of fused-ring (bicyclic) bond motifs is 3. The second kappa shape index (κ2) is 7.18. The third kappa shape index (κ3) is 2.95. The molecular weight excluding hydrogens is 384 g/mol. The molecule has 3 nitrogen and oxygen atoms in total. The first kappa shape index (κ1) is 22.2. The molecule has 3 heteroatoms. The summed E-state index contributed by atoms with van der Waals surface area (Å²) in [6, 6.07) is 0. The molecule has 1 spiro atoms. The molecule has 31 heavy (non-hydrogen) atoms. The highest BCUT2D eigenvalue weighted by Crippen LogP contribution is 2.72. The topological polar surface area (TPSA) is 53.0 Å². The Morgan fingerprint density at radius 2 is 1.74 bits per heavy atom. The molecule has 0 amide bonds. The molecule has 3 saturated carbocycles. The minimum absolute atomic E-state index is 0.0656. The third-order valence-electron chi connectivity index (χ3n) is 10.9. The SMILES string of the molecule is CC(C)[C@@H](C)C=C[C@@H](C)[C@H]1CCC2=C3[C@H](O)[C@@H]4O[C@@]45C[C@@H](O)CC[C@]5(C)[C@H]3CC[C@@]21C. The number of hydrogen-bond donors (Lipinski definition) is 2. The van der Waals surface area contributed by atoms with Crippen LogP contribution in [0.4, 0.5) is 0 Å². The maximum Gasteiger partial charge on any atom is 0.118 e. The van der Waals surface area contributed by atoms with Gasteiger partial charge in [-0.15, -0.1) is 0 Å². The van der Waals surface area contributed by atoms with E-state index in [9.17, 15) is 10.2 Å². The van der Waals surface area contributed by atoms with E-state index < -0.39 is 6.10 Å². The normalized spacial score (nSPS) is 50.7. The number of aliphatic hydroxyl groups is 2. The number of ether oxygens (including phenoxy) is 1. The molecule has 1 aliphatic heterocycles. The molecule has 4 fully saturated rings. The molecule has 1 saturated heterocycles. The molecule has 5 aliphatic rings. The van der Waals surface area contributed by atoms with Gasteiger partial charge in [0, 0.05) is 11.8 Å². The van der Waals surface area contributed by atoms with Gasteiger partial charge in [0.2, 0.25) is 0 Å². The molecule has 174 valence electrons. The van der Waals surface area contributed by atoms with E-state index in [0.717, 1.165) is 25.7 Å². The molecule has 0 radical (unpaired) electrons. The molecule has 0 aromatic carbocycles. The molecule has 0 aromatic rings. The Bertz CT molecular complexity index is 798. The Kier molecular flexibility index (Phi) is 5.13. The van der Waals surface area contributed by atoms with Crippen LogP contribution in [0.5, 0.6) is 0 Å². The van der Waals surface area contributed by atoms with Crippen LogP contribution in [0.3, 0.4) is 0 Å². The van der Waals surface area contributed by atoms with Crippen molar-refractivity contribution in [3.63, 3.8) is 0 Å². The second-order valence-corrected chi connectivity index (χ2v) is 12.6. The van der Waals surface area contributed by atoms with E-state index in [2.05, 4.69) is 53.7 Å². The lowest BCUT2D eigenvalue weighted by atomic mass is 9.48. The van der Waals surface area contributed by atoms with Crippen LogP contribution >= 0.6 is 0 Å². The largest absolute Gasteiger partial charge is 0.393 e. The zero-order valence-electron chi connectivity index (χ0n) is 20.5. The Labute approximate surface area is 189 Å². The predicted octanol–water partition coefficient (Wildman–Crippen LogP) is 5.66. The first-order chi connectivity index (χ1) is 14.5. The van der Waals surface area contributed by atoms with E-state index in [1.54, 1.807) is 5.57 Å². The van der Waals surface area contributed by atoms with Crippen LogP contribution in [-0.4, -0.2) is 34.1 Å². The first-order valence-corrected chi connectivity index (χ1v) is 13.0. The van der Waals surface area contributed by atoms with Gasteiger partial charge in [-0.3, -0.25) is 0 Å². The van der Waals surface area contributed by atoms with E-state index in [1.807, 2.05) is 0 Å². The van der Waals surface area contributed by atoms with Gasteiger partial charge in [-0.25, -0.2) is 0 Å². The molecule has 4 aliphatic carbocycles. The summed E-state index contributed by atoms with van der Waals surface area (Å²) in [7, 11) is 0. The standard InChI is InChI=1S/C28H44O3/c1-16(2)17(3)7-8-18(4)20-9-10-21-23-22(12-13-26(20,21)5)27(6)14-11-19(29)15-28(27)25(31-28)24(23)30/h7-8,16-20,22,24-25,29-30H,9-15H2,1-6H3/t17-,18+,19-,20+,22-,24-,25-,26+,27+,28-/m0/s1. The van der Waals surface area contributed by atoms with Crippen molar-refractivity contribution in [3.8, 4) is 0 Å². The van der Waals surface area contributed by atoms with Crippen molar-refractivity contribution in [2.45, 2.75) is 110 Å². The number of rotatable bonds is 4. The lowest BCUT2D eigenvalue weighted by Crippen LogP contribution is -2.57. The molecule has 1 heterocycles. The summed E-state index contributed by atoms with van der Waals surface area (Å²) in [6.45, 7) is 14.2. The predicted molar refractivity (Wildman–Crippen MR) is 124 cm³/mol. The van der Waals surface area contributed by atoms with Crippen molar-refractivity contribution >= 4 is 0 Å².